The third-order valence-corrected chi connectivity index (χ3v) is 4.32. The predicted octanol–water partition coefficient (Wildman–Crippen LogP) is 3.53. The molecule has 0 bridgehead atoms. The zero-order valence-electron chi connectivity index (χ0n) is 12.9. The van der Waals surface area contributed by atoms with Crippen LogP contribution in [0.25, 0.3) is 10.2 Å². The molecule has 114 valence electrons. The topological polar surface area (TPSA) is 51.2 Å². The average Bonchev–Trinajstić information content (AvgIpc) is 2.92. The summed E-state index contributed by atoms with van der Waals surface area (Å²) >= 11 is 1.68. The molecule has 0 radical (unpaired) electrons. The Hall–Kier alpha value is -1.46. The van der Waals surface area contributed by atoms with E-state index < -0.39 is 0 Å². The lowest BCUT2D eigenvalue weighted by molar-refractivity contribution is -0.143. The standard InChI is InChI=1S/C16H22N2O2S/c1-10(2)7-14(16(19)20-4)18-11(3)12-8-15-13(17-9-12)5-6-21-15/h5-6,8-11,14,18H,7H2,1-4H3. The van der Waals surface area contributed by atoms with Gasteiger partial charge in [0, 0.05) is 12.2 Å². The number of thiophene rings is 1. The van der Waals surface area contributed by atoms with Crippen molar-refractivity contribution in [3.05, 3.63) is 29.3 Å². The van der Waals surface area contributed by atoms with Gasteiger partial charge in [-0.25, -0.2) is 0 Å². The molecule has 0 amide bonds. The number of ether oxygens (including phenoxy) is 1. The van der Waals surface area contributed by atoms with E-state index in [0.717, 1.165) is 17.5 Å². The lowest BCUT2D eigenvalue weighted by Gasteiger charge is -2.23. The molecule has 0 saturated carbocycles. The van der Waals surface area contributed by atoms with Gasteiger partial charge in [-0.2, -0.15) is 0 Å². The Labute approximate surface area is 129 Å². The van der Waals surface area contributed by atoms with E-state index in [-0.39, 0.29) is 18.1 Å². The third kappa shape index (κ3) is 4.02. The van der Waals surface area contributed by atoms with Crippen molar-refractivity contribution in [1.29, 1.82) is 0 Å². The second-order valence-electron chi connectivity index (χ2n) is 5.67. The maximum absolute atomic E-state index is 11.9. The highest BCUT2D eigenvalue weighted by Crippen LogP contribution is 2.23. The van der Waals surface area contributed by atoms with E-state index in [4.69, 9.17) is 4.74 Å². The van der Waals surface area contributed by atoms with Crippen LogP contribution in [0.1, 0.15) is 38.8 Å². The summed E-state index contributed by atoms with van der Waals surface area (Å²) < 4.78 is 6.06. The second kappa shape index (κ2) is 7.00. The van der Waals surface area contributed by atoms with Crippen LogP contribution in [-0.4, -0.2) is 24.1 Å². The molecule has 4 nitrogen and oxygen atoms in total. The fourth-order valence-electron chi connectivity index (χ4n) is 2.34. The number of rotatable bonds is 6. The highest BCUT2D eigenvalue weighted by molar-refractivity contribution is 7.17. The van der Waals surface area contributed by atoms with Crippen LogP contribution in [0.4, 0.5) is 0 Å². The number of aromatic nitrogens is 1. The average molecular weight is 306 g/mol. The predicted molar refractivity (Wildman–Crippen MR) is 86.4 cm³/mol. The molecule has 21 heavy (non-hydrogen) atoms. The molecule has 1 N–H and O–H groups in total. The smallest absolute Gasteiger partial charge is 0.322 e. The minimum Gasteiger partial charge on any atom is -0.468 e. The first kappa shape index (κ1) is 15.9. The van der Waals surface area contributed by atoms with E-state index in [0.29, 0.717) is 5.92 Å². The lowest BCUT2D eigenvalue weighted by atomic mass is 10.0. The van der Waals surface area contributed by atoms with Crippen molar-refractivity contribution in [1.82, 2.24) is 10.3 Å². The van der Waals surface area contributed by atoms with Gasteiger partial charge in [0.05, 0.1) is 17.3 Å². The number of carbonyl (C=O) groups excluding carboxylic acids is 1. The molecule has 2 aromatic rings. The fourth-order valence-corrected chi connectivity index (χ4v) is 3.13. The maximum atomic E-state index is 11.9. The van der Waals surface area contributed by atoms with Crippen LogP contribution in [0, 0.1) is 5.92 Å². The fraction of sp³-hybridized carbons (Fsp3) is 0.500. The molecule has 2 aromatic heterocycles. The normalized spacial score (nSPS) is 14.3. The molecule has 0 fully saturated rings. The first-order valence-electron chi connectivity index (χ1n) is 7.18. The van der Waals surface area contributed by atoms with Crippen molar-refractivity contribution in [3.63, 3.8) is 0 Å². The van der Waals surface area contributed by atoms with Crippen LogP contribution in [0.2, 0.25) is 0 Å². The summed E-state index contributed by atoms with van der Waals surface area (Å²) in [4.78, 5) is 16.3. The number of hydrogen-bond donors (Lipinski definition) is 1. The van der Waals surface area contributed by atoms with Crippen molar-refractivity contribution in [2.45, 2.75) is 39.3 Å². The Morgan fingerprint density at radius 2 is 2.19 bits per heavy atom. The number of hydrogen-bond acceptors (Lipinski definition) is 5. The third-order valence-electron chi connectivity index (χ3n) is 3.47. The van der Waals surface area contributed by atoms with Crippen LogP contribution in [0.15, 0.2) is 23.7 Å². The second-order valence-corrected chi connectivity index (χ2v) is 6.61. The summed E-state index contributed by atoms with van der Waals surface area (Å²) in [6.07, 6.45) is 2.63. The van der Waals surface area contributed by atoms with Gasteiger partial charge in [0.15, 0.2) is 0 Å². The van der Waals surface area contributed by atoms with Crippen LogP contribution < -0.4 is 5.32 Å². The lowest BCUT2D eigenvalue weighted by Crippen LogP contribution is -2.40. The van der Waals surface area contributed by atoms with Crippen molar-refractivity contribution < 1.29 is 9.53 Å². The van der Waals surface area contributed by atoms with E-state index in [1.54, 1.807) is 11.3 Å². The number of nitrogens with zero attached hydrogens (tertiary/aromatic N) is 1. The Morgan fingerprint density at radius 1 is 1.43 bits per heavy atom. The molecule has 5 heteroatoms. The summed E-state index contributed by atoms with van der Waals surface area (Å²) in [5.41, 5.74) is 2.10. The van der Waals surface area contributed by atoms with Crippen molar-refractivity contribution >= 4 is 27.5 Å². The number of pyridine rings is 1. The van der Waals surface area contributed by atoms with Gasteiger partial charge in [0.1, 0.15) is 6.04 Å². The molecule has 2 atom stereocenters. The summed E-state index contributed by atoms with van der Waals surface area (Å²) in [5.74, 6) is 0.215. The maximum Gasteiger partial charge on any atom is 0.322 e. The number of fused-ring (bicyclic) bond motifs is 1. The Morgan fingerprint density at radius 3 is 2.86 bits per heavy atom. The van der Waals surface area contributed by atoms with Gasteiger partial charge in [0.25, 0.3) is 0 Å². The van der Waals surface area contributed by atoms with Gasteiger partial charge in [-0.15, -0.1) is 11.3 Å². The van der Waals surface area contributed by atoms with Crippen LogP contribution >= 0.6 is 11.3 Å². The summed E-state index contributed by atoms with van der Waals surface area (Å²) in [6, 6.07) is 3.91. The van der Waals surface area contributed by atoms with E-state index in [2.05, 4.69) is 30.2 Å². The van der Waals surface area contributed by atoms with Crippen molar-refractivity contribution in [2.75, 3.05) is 7.11 Å². The van der Waals surface area contributed by atoms with E-state index in [9.17, 15) is 4.79 Å². The molecule has 0 aliphatic carbocycles. The van der Waals surface area contributed by atoms with Gasteiger partial charge in [-0.3, -0.25) is 15.1 Å². The number of nitrogens with one attached hydrogen (secondary N) is 1. The molecular weight excluding hydrogens is 284 g/mol. The molecule has 0 aliphatic rings. The largest absolute Gasteiger partial charge is 0.468 e. The Bertz CT molecular complexity index is 609. The number of methoxy groups -OCH3 is 1. The summed E-state index contributed by atoms with van der Waals surface area (Å²) in [5, 5.41) is 5.40. The van der Waals surface area contributed by atoms with E-state index in [1.165, 1.54) is 11.8 Å². The molecule has 2 heterocycles. The van der Waals surface area contributed by atoms with Crippen LogP contribution in [0.5, 0.6) is 0 Å². The Balaban J connectivity index is 2.13. The highest BCUT2D eigenvalue weighted by Gasteiger charge is 2.23. The minimum atomic E-state index is -0.288. The quantitative estimate of drug-likeness (QED) is 0.829. The molecule has 0 aliphatic heterocycles. The molecule has 0 spiro atoms. The zero-order valence-corrected chi connectivity index (χ0v) is 13.7. The van der Waals surface area contributed by atoms with E-state index >= 15 is 0 Å². The van der Waals surface area contributed by atoms with Crippen molar-refractivity contribution in [2.24, 2.45) is 5.92 Å². The first-order valence-corrected chi connectivity index (χ1v) is 8.06. The zero-order chi connectivity index (χ0) is 15.4. The van der Waals surface area contributed by atoms with Gasteiger partial charge >= 0.3 is 5.97 Å². The molecule has 0 saturated heterocycles. The monoisotopic (exact) mass is 306 g/mol. The molecule has 2 unspecified atom stereocenters. The van der Waals surface area contributed by atoms with Gasteiger partial charge in [0.2, 0.25) is 0 Å². The number of esters is 1. The van der Waals surface area contributed by atoms with Gasteiger partial charge in [-0.05, 0) is 42.3 Å². The van der Waals surface area contributed by atoms with E-state index in [1.807, 2.05) is 24.6 Å². The highest BCUT2D eigenvalue weighted by atomic mass is 32.1. The molecule has 0 aromatic carbocycles. The summed E-state index contributed by atoms with van der Waals surface area (Å²) in [6.45, 7) is 6.25. The molecular formula is C16H22N2O2S. The van der Waals surface area contributed by atoms with Crippen LogP contribution in [-0.2, 0) is 9.53 Å². The Kier molecular flexibility index (Phi) is 5.31. The summed E-state index contributed by atoms with van der Waals surface area (Å²) in [7, 11) is 1.43. The number of carbonyl (C=O) groups is 1. The minimum absolute atomic E-state index is 0.0480. The van der Waals surface area contributed by atoms with Gasteiger partial charge in [-0.1, -0.05) is 13.8 Å². The molecule has 2 rings (SSSR count). The first-order chi connectivity index (χ1) is 10.0. The SMILES string of the molecule is COC(=O)C(CC(C)C)NC(C)c1cnc2ccsc2c1. The van der Waals surface area contributed by atoms with Crippen LogP contribution in [0.3, 0.4) is 0 Å². The van der Waals surface area contributed by atoms with Gasteiger partial charge < -0.3 is 4.74 Å². The van der Waals surface area contributed by atoms with Crippen molar-refractivity contribution in [3.8, 4) is 0 Å².